The van der Waals surface area contributed by atoms with E-state index in [0.717, 1.165) is 17.2 Å². The fourth-order valence-corrected chi connectivity index (χ4v) is 8.70. The smallest absolute Gasteiger partial charge is 0.450 e. The summed E-state index contributed by atoms with van der Waals surface area (Å²) in [5.41, 5.74) is 8.86. The van der Waals surface area contributed by atoms with Crippen LogP contribution in [0.4, 0.5) is 21.0 Å². The number of azide groups is 1. The number of ether oxygens (including phenoxy) is 3. The number of benzene rings is 1. The van der Waals surface area contributed by atoms with E-state index in [1.165, 1.54) is 10.9 Å². The highest BCUT2D eigenvalue weighted by molar-refractivity contribution is 8.07. The second kappa shape index (κ2) is 19.5. The van der Waals surface area contributed by atoms with E-state index < -0.39 is 98.5 Å². The third-order valence-electron chi connectivity index (χ3n) is 9.65. The van der Waals surface area contributed by atoms with Crippen molar-refractivity contribution in [2.45, 2.75) is 62.9 Å². The number of hydrogen-bond donors (Lipinski definition) is 5. The maximum atomic E-state index is 16.3. The van der Waals surface area contributed by atoms with Gasteiger partial charge in [-0.05, 0) is 29.5 Å². The Morgan fingerprint density at radius 1 is 1.05 bits per heavy atom. The lowest BCUT2D eigenvalue weighted by Gasteiger charge is -2.29. The second-order valence-electron chi connectivity index (χ2n) is 14.1. The van der Waals surface area contributed by atoms with Gasteiger partial charge in [0.05, 0.1) is 32.0 Å². The molecule has 26 nitrogen and oxygen atoms in total. The largest absolute Gasteiger partial charge is 0.506 e. The van der Waals surface area contributed by atoms with Crippen LogP contribution in [0.5, 0.6) is 0 Å². The van der Waals surface area contributed by atoms with Crippen molar-refractivity contribution in [2.24, 2.45) is 11.0 Å². The molecule has 2 fully saturated rings. The minimum atomic E-state index is -4.27. The number of nitrogens with zero attached hydrogens (tertiary/aromatic N) is 11. The van der Waals surface area contributed by atoms with Gasteiger partial charge >= 0.3 is 12.9 Å². The van der Waals surface area contributed by atoms with Crippen molar-refractivity contribution in [3.63, 3.8) is 0 Å². The zero-order valence-corrected chi connectivity index (χ0v) is 35.0. The summed E-state index contributed by atoms with van der Waals surface area (Å²) in [6.45, 7) is 4.04. The summed E-state index contributed by atoms with van der Waals surface area (Å²) in [4.78, 5) is 79.9. The standard InChI is InChI=1S/C35H36FN14O12PS/c1-16(2)29(52)45-34-44-28-23(31(54)46-34)42-15-50(28)32-24(20(36)18(11-51)59-32)62-63(64,57-10-9-38-3)58-12-19-21(47-48-37)25(61-35(55)56)33(60-19)49-14-41-22-26(39-13-40-27(22)49)43-30(53)17-7-5-4-6-8-17/h4-8,13-16,18-21,24-25,32-33,51H,9-12H2,1-2H3,(H,55,56)(H,39,40,43,53)(H2,44,45,46,52,54)/t18-,19-,20-,21-,24-,25-,32-,33-,63?/m1/s1. The summed E-state index contributed by atoms with van der Waals surface area (Å²) in [6, 6.07) is 6.78. The highest BCUT2D eigenvalue weighted by atomic mass is 32.5. The first-order valence-corrected chi connectivity index (χ1v) is 21.5. The topological polar surface area (TPSA) is 331 Å². The molecule has 0 spiro atoms. The number of anilines is 2. The minimum Gasteiger partial charge on any atom is -0.450 e. The molecule has 29 heteroatoms. The molecular formula is C35H36FN14O12PS. The maximum Gasteiger partial charge on any atom is 0.506 e. The van der Waals surface area contributed by atoms with Crippen LogP contribution >= 0.6 is 6.72 Å². The normalized spacial score (nSPS) is 23.9. The zero-order chi connectivity index (χ0) is 45.7. The Balaban J connectivity index is 1.18. The number of amides is 2. The molecule has 0 bridgehead atoms. The third kappa shape index (κ3) is 9.52. The van der Waals surface area contributed by atoms with Crippen molar-refractivity contribution in [2.75, 3.05) is 37.0 Å². The molecule has 1 unspecified atom stereocenters. The van der Waals surface area contributed by atoms with E-state index in [1.807, 2.05) is 0 Å². The van der Waals surface area contributed by atoms with Crippen molar-refractivity contribution in [1.82, 2.24) is 39.0 Å². The Bertz CT molecular complexity index is 2750. The molecular weight excluding hydrogens is 891 g/mol. The van der Waals surface area contributed by atoms with E-state index in [9.17, 15) is 34.9 Å². The van der Waals surface area contributed by atoms with Gasteiger partial charge in [-0.3, -0.25) is 38.3 Å². The first kappa shape index (κ1) is 45.5. The van der Waals surface area contributed by atoms with Crippen molar-refractivity contribution < 1.29 is 56.8 Å². The van der Waals surface area contributed by atoms with Crippen LogP contribution in [0.15, 0.2) is 59.2 Å². The van der Waals surface area contributed by atoms with Gasteiger partial charge < -0.3 is 43.6 Å². The molecule has 2 aliphatic heterocycles. The molecule has 7 rings (SSSR count). The van der Waals surface area contributed by atoms with Crippen LogP contribution < -0.4 is 16.2 Å². The van der Waals surface area contributed by atoms with Crippen LogP contribution in [0.3, 0.4) is 0 Å². The highest BCUT2D eigenvalue weighted by Gasteiger charge is 2.52. The van der Waals surface area contributed by atoms with E-state index in [1.54, 1.807) is 44.2 Å². The number of fused-ring (bicyclic) bond motifs is 2. The molecule has 336 valence electrons. The molecule has 64 heavy (non-hydrogen) atoms. The molecule has 1 aromatic carbocycles. The molecule has 5 aromatic rings. The fourth-order valence-electron chi connectivity index (χ4n) is 6.64. The van der Waals surface area contributed by atoms with Gasteiger partial charge in [-0.15, -0.1) is 0 Å². The number of H-pyrrole nitrogens is 1. The van der Waals surface area contributed by atoms with Crippen molar-refractivity contribution in [3.05, 3.63) is 87.1 Å². The number of carbonyl (C=O) groups is 3. The average Bonchev–Trinajstić information content (AvgIpc) is 4.05. The number of aromatic amines is 1. The first-order chi connectivity index (χ1) is 30.7. The lowest BCUT2D eigenvalue weighted by atomic mass is 10.1. The number of halogens is 1. The summed E-state index contributed by atoms with van der Waals surface area (Å²) < 4.78 is 53.8. The highest BCUT2D eigenvalue weighted by Crippen LogP contribution is 2.55. The summed E-state index contributed by atoms with van der Waals surface area (Å²) in [5.74, 6) is -1.72. The molecule has 2 aliphatic rings. The van der Waals surface area contributed by atoms with Gasteiger partial charge in [-0.25, -0.2) is 35.7 Å². The number of imidazole rings is 2. The molecule has 9 atom stereocenters. The van der Waals surface area contributed by atoms with Gasteiger partial charge in [0.2, 0.25) is 18.4 Å². The summed E-state index contributed by atoms with van der Waals surface area (Å²) in [5, 5.41) is 28.7. The van der Waals surface area contributed by atoms with Crippen LogP contribution in [0.25, 0.3) is 37.6 Å². The molecule has 6 heterocycles. The Morgan fingerprint density at radius 2 is 1.75 bits per heavy atom. The van der Waals surface area contributed by atoms with E-state index in [4.69, 9.17) is 46.2 Å². The summed E-state index contributed by atoms with van der Waals surface area (Å²) in [7, 11) is 0. The van der Waals surface area contributed by atoms with Gasteiger partial charge in [0.1, 0.15) is 31.2 Å². The third-order valence-corrected chi connectivity index (χ3v) is 12.0. The van der Waals surface area contributed by atoms with Gasteiger partial charge in [-0.1, -0.05) is 37.2 Å². The Kier molecular flexibility index (Phi) is 13.8. The predicted molar refractivity (Wildman–Crippen MR) is 219 cm³/mol. The van der Waals surface area contributed by atoms with E-state index in [2.05, 4.69) is 55.4 Å². The van der Waals surface area contributed by atoms with Gasteiger partial charge in [-0.2, -0.15) is 4.98 Å². The summed E-state index contributed by atoms with van der Waals surface area (Å²) >= 11 is 5.73. The Hall–Kier alpha value is -6.53. The molecule has 0 aliphatic carbocycles. The Labute approximate surface area is 363 Å². The molecule has 5 N–H and O–H groups in total. The van der Waals surface area contributed by atoms with Gasteiger partial charge in [0.25, 0.3) is 11.5 Å². The number of nitrogens with one attached hydrogen (secondary N) is 3. The van der Waals surface area contributed by atoms with Gasteiger partial charge in [0.15, 0.2) is 52.9 Å². The van der Waals surface area contributed by atoms with Crippen LogP contribution in [0, 0.1) is 12.5 Å². The quantitative estimate of drug-likeness (QED) is 0.0170. The van der Waals surface area contributed by atoms with Crippen LogP contribution in [-0.4, -0.2) is 130 Å². The van der Waals surface area contributed by atoms with E-state index in [-0.39, 0.29) is 47.2 Å². The van der Waals surface area contributed by atoms with Crippen molar-refractivity contribution in [3.8, 4) is 0 Å². The van der Waals surface area contributed by atoms with Crippen LogP contribution in [0.1, 0.15) is 36.7 Å². The number of alkyl halides is 1. The summed E-state index contributed by atoms with van der Waals surface area (Å²) in [6.07, 6.45) is -9.77. The van der Waals surface area contributed by atoms with E-state index in [0.29, 0.717) is 5.56 Å². The lowest BCUT2D eigenvalue weighted by Crippen LogP contribution is -2.36. The number of aromatic nitrogens is 8. The number of aliphatic hydroxyl groups is 1. The predicted octanol–water partition coefficient (Wildman–Crippen LogP) is 3.24. The van der Waals surface area contributed by atoms with E-state index >= 15 is 4.39 Å². The minimum absolute atomic E-state index is 0.000549. The molecule has 0 radical (unpaired) electrons. The first-order valence-electron chi connectivity index (χ1n) is 19.0. The number of rotatable bonds is 17. The number of carbonyl (C=O) groups excluding carboxylic acids is 2. The number of carboxylic acid groups (broad SMARTS) is 1. The van der Waals surface area contributed by atoms with Crippen LogP contribution in [-0.2, 0) is 44.4 Å². The lowest BCUT2D eigenvalue weighted by molar-refractivity contribution is -0.118. The van der Waals surface area contributed by atoms with Crippen molar-refractivity contribution >= 4 is 70.6 Å². The van der Waals surface area contributed by atoms with Gasteiger partial charge in [0, 0.05) is 16.4 Å². The van der Waals surface area contributed by atoms with Crippen LogP contribution in [0.2, 0.25) is 0 Å². The molecule has 4 aromatic heterocycles. The second-order valence-corrected chi connectivity index (χ2v) is 17.0. The Morgan fingerprint density at radius 3 is 2.44 bits per heavy atom. The molecule has 2 amide bonds. The fraction of sp³-hybridized carbons (Fsp3) is 0.429. The zero-order valence-electron chi connectivity index (χ0n) is 33.3. The molecule has 0 saturated carbocycles. The number of aliphatic hydroxyl groups excluding tert-OH is 1. The van der Waals surface area contributed by atoms with Crippen molar-refractivity contribution in [1.29, 1.82) is 0 Å². The SMILES string of the molecule is [C-]#[N+]CCOP(=S)(OC[C@H]1O[C@@H](n2cnc3c(NC(=O)c4ccccc4)ncnc32)[C@H](OC(=O)O)[C@@H]1N=[N+]=[N-])O[C@@H]1[C@H](F)[C@@H](CO)O[C@H]1n1cnc2c(=O)[nH]c(NC(=O)C(C)C)nc21. The number of hydrogen-bond acceptors (Lipinski definition) is 18. The maximum absolute atomic E-state index is 16.3. The molecule has 2 saturated heterocycles. The average molecular weight is 927 g/mol. The monoisotopic (exact) mass is 926 g/mol.